The fraction of sp³-hybridized carbons (Fsp3) is 0. The number of aliphatic imine (C=N–C) groups is 1. The third-order valence-corrected chi connectivity index (χ3v) is 1.27. The zero-order chi connectivity index (χ0) is 6.27. The lowest BCUT2D eigenvalue weighted by Crippen LogP contribution is -2.02. The van der Waals surface area contributed by atoms with Gasteiger partial charge in [0, 0.05) is 6.20 Å². The third-order valence-electron chi connectivity index (χ3n) is 1.27. The molecule has 44 valence electrons. The number of carbonyl (C=O) groups is 1. The number of hydrogen-bond donors (Lipinski definition) is 0. The van der Waals surface area contributed by atoms with Crippen molar-refractivity contribution in [3.05, 3.63) is 18.3 Å². The lowest BCUT2D eigenvalue weighted by molar-refractivity contribution is 0.100. The molecule has 0 aliphatic carbocycles. The van der Waals surface area contributed by atoms with Gasteiger partial charge < -0.3 is 0 Å². The van der Waals surface area contributed by atoms with E-state index in [9.17, 15) is 4.79 Å². The fourth-order valence-corrected chi connectivity index (χ4v) is 0.847. The zero-order valence-corrected chi connectivity index (χ0v) is 4.61. The van der Waals surface area contributed by atoms with Gasteiger partial charge in [0.15, 0.2) is 0 Å². The Morgan fingerprint density at radius 2 is 2.44 bits per heavy atom. The van der Waals surface area contributed by atoms with Gasteiger partial charge in [-0.2, -0.15) is 0 Å². The van der Waals surface area contributed by atoms with Crippen LogP contribution in [0.15, 0.2) is 23.3 Å². The minimum Gasteiger partial charge on any atom is -0.267 e. The molecule has 1 aromatic heterocycles. The maximum Gasteiger partial charge on any atom is 0.274 e. The van der Waals surface area contributed by atoms with E-state index in [0.717, 1.165) is 5.82 Å². The molecule has 2 heterocycles. The Morgan fingerprint density at radius 1 is 1.56 bits per heavy atom. The van der Waals surface area contributed by atoms with Crippen molar-refractivity contribution in [2.24, 2.45) is 4.99 Å². The van der Waals surface area contributed by atoms with Crippen LogP contribution in [-0.2, 0) is 0 Å². The highest BCUT2D eigenvalue weighted by Gasteiger charge is 2.10. The van der Waals surface area contributed by atoms with Gasteiger partial charge in [0.25, 0.3) is 5.91 Å². The summed E-state index contributed by atoms with van der Waals surface area (Å²) in [6, 6.07) is 3.59. The summed E-state index contributed by atoms with van der Waals surface area (Å²) >= 11 is 0. The summed E-state index contributed by atoms with van der Waals surface area (Å²) in [5.74, 6) is 0.662. The summed E-state index contributed by atoms with van der Waals surface area (Å²) in [6.45, 7) is 0. The number of nitrogens with zero attached hydrogens (tertiary/aromatic N) is 2. The monoisotopic (exact) mass is 120 g/mol. The molecule has 0 fully saturated rings. The van der Waals surface area contributed by atoms with Crippen LogP contribution in [0.2, 0.25) is 0 Å². The van der Waals surface area contributed by atoms with Gasteiger partial charge in [0.2, 0.25) is 0 Å². The van der Waals surface area contributed by atoms with Gasteiger partial charge >= 0.3 is 0 Å². The Bertz CT molecular complexity index is 285. The Hall–Kier alpha value is -1.38. The van der Waals surface area contributed by atoms with Crippen molar-refractivity contribution in [2.75, 3.05) is 0 Å². The zero-order valence-electron chi connectivity index (χ0n) is 4.61. The molecule has 1 aromatic rings. The molecule has 0 amide bonds. The first-order valence-electron chi connectivity index (χ1n) is 2.64. The highest BCUT2D eigenvalue weighted by molar-refractivity contribution is 6.30. The maximum atomic E-state index is 10.7. The van der Waals surface area contributed by atoms with Crippen LogP contribution in [0.5, 0.6) is 0 Å². The van der Waals surface area contributed by atoms with E-state index in [2.05, 4.69) is 4.99 Å². The van der Waals surface area contributed by atoms with Gasteiger partial charge in [-0.1, -0.05) is 0 Å². The molecule has 0 bridgehead atoms. The van der Waals surface area contributed by atoms with E-state index in [1.165, 1.54) is 10.8 Å². The van der Waals surface area contributed by atoms with E-state index >= 15 is 0 Å². The molecule has 0 N–H and O–H groups in total. The summed E-state index contributed by atoms with van der Waals surface area (Å²) in [5.41, 5.74) is 0. The van der Waals surface area contributed by atoms with Gasteiger partial charge in [-0.3, -0.25) is 9.36 Å². The molecule has 0 atom stereocenters. The van der Waals surface area contributed by atoms with Crippen LogP contribution in [-0.4, -0.2) is 16.7 Å². The Labute approximate surface area is 51.6 Å². The van der Waals surface area contributed by atoms with Crippen LogP contribution in [0.25, 0.3) is 0 Å². The van der Waals surface area contributed by atoms with Gasteiger partial charge in [-0.25, -0.2) is 4.99 Å². The number of rotatable bonds is 0. The summed E-state index contributed by atoms with van der Waals surface area (Å²) in [6.07, 6.45) is 3.01. The summed E-state index contributed by atoms with van der Waals surface area (Å²) < 4.78 is 1.50. The second kappa shape index (κ2) is 1.31. The molecule has 9 heavy (non-hydrogen) atoms. The van der Waals surface area contributed by atoms with Crippen LogP contribution >= 0.6 is 0 Å². The number of carbonyl (C=O) groups excluding carboxylic acids is 1. The van der Waals surface area contributed by atoms with Crippen molar-refractivity contribution in [3.8, 4) is 0 Å². The molecule has 0 saturated heterocycles. The average molecular weight is 120 g/mol. The van der Waals surface area contributed by atoms with Gasteiger partial charge in [-0.05, 0) is 12.1 Å². The van der Waals surface area contributed by atoms with Crippen LogP contribution < -0.4 is 0 Å². The first kappa shape index (κ1) is 4.49. The van der Waals surface area contributed by atoms with Gasteiger partial charge in [0.1, 0.15) is 5.82 Å². The molecule has 0 aromatic carbocycles. The van der Waals surface area contributed by atoms with Crippen molar-refractivity contribution in [1.82, 2.24) is 4.57 Å². The van der Waals surface area contributed by atoms with E-state index in [1.807, 2.05) is 0 Å². The molecule has 3 heteroatoms. The van der Waals surface area contributed by atoms with Crippen LogP contribution in [0, 0.1) is 0 Å². The van der Waals surface area contributed by atoms with E-state index < -0.39 is 0 Å². The van der Waals surface area contributed by atoms with E-state index in [1.54, 1.807) is 18.3 Å². The second-order valence-corrected chi connectivity index (χ2v) is 1.83. The van der Waals surface area contributed by atoms with Crippen molar-refractivity contribution in [3.63, 3.8) is 0 Å². The molecule has 0 radical (unpaired) electrons. The highest BCUT2D eigenvalue weighted by atomic mass is 16.2. The Kier molecular flexibility index (Phi) is 0.656. The topological polar surface area (TPSA) is 34.4 Å². The van der Waals surface area contributed by atoms with Gasteiger partial charge in [-0.15, -0.1) is 0 Å². The van der Waals surface area contributed by atoms with Crippen molar-refractivity contribution in [2.45, 2.75) is 0 Å². The van der Waals surface area contributed by atoms with E-state index in [4.69, 9.17) is 0 Å². The minimum atomic E-state index is -0.0602. The molecule has 0 saturated carbocycles. The molecule has 1 aliphatic heterocycles. The van der Waals surface area contributed by atoms with Crippen molar-refractivity contribution in [1.29, 1.82) is 0 Å². The molecular formula is C6H4N2O. The third kappa shape index (κ3) is 0.455. The molecule has 2 rings (SSSR count). The SMILES string of the molecule is O=C1C=Nc2cccn21. The molecular weight excluding hydrogens is 116 g/mol. The maximum absolute atomic E-state index is 10.7. The lowest BCUT2D eigenvalue weighted by Gasteiger charge is -1.87. The lowest BCUT2D eigenvalue weighted by atomic mass is 10.6. The molecule has 1 aliphatic rings. The van der Waals surface area contributed by atoms with Crippen LogP contribution in [0.4, 0.5) is 5.82 Å². The standard InChI is InChI=1S/C6H4N2O/c9-6-4-7-5-2-1-3-8(5)6/h1-4H. The van der Waals surface area contributed by atoms with E-state index in [0.29, 0.717) is 0 Å². The minimum absolute atomic E-state index is 0.0602. The number of aromatic nitrogens is 1. The molecule has 3 nitrogen and oxygen atoms in total. The van der Waals surface area contributed by atoms with Crippen molar-refractivity contribution < 1.29 is 4.79 Å². The smallest absolute Gasteiger partial charge is 0.267 e. The largest absolute Gasteiger partial charge is 0.274 e. The predicted molar refractivity (Wildman–Crippen MR) is 33.2 cm³/mol. The van der Waals surface area contributed by atoms with E-state index in [-0.39, 0.29) is 5.91 Å². The summed E-state index contributed by atoms with van der Waals surface area (Å²) in [4.78, 5) is 14.6. The summed E-state index contributed by atoms with van der Waals surface area (Å²) in [5, 5.41) is 0. The normalized spacial score (nSPS) is 14.4. The summed E-state index contributed by atoms with van der Waals surface area (Å²) in [7, 11) is 0. The second-order valence-electron chi connectivity index (χ2n) is 1.83. The first-order valence-corrected chi connectivity index (χ1v) is 2.64. The highest BCUT2D eigenvalue weighted by Crippen LogP contribution is 2.15. The Balaban J connectivity index is 2.73. The number of fused-ring (bicyclic) bond motifs is 1. The first-order chi connectivity index (χ1) is 4.38. The predicted octanol–water partition coefficient (Wildman–Crippen LogP) is 0.844. The average Bonchev–Trinajstić information content (AvgIpc) is 2.35. The van der Waals surface area contributed by atoms with Crippen molar-refractivity contribution >= 4 is 17.9 Å². The Morgan fingerprint density at radius 3 is 3.22 bits per heavy atom. The molecule has 0 spiro atoms. The fourth-order valence-electron chi connectivity index (χ4n) is 0.847. The quantitative estimate of drug-likeness (QED) is 0.499. The van der Waals surface area contributed by atoms with Gasteiger partial charge in [0.05, 0.1) is 6.21 Å². The van der Waals surface area contributed by atoms with Crippen LogP contribution in [0.1, 0.15) is 4.79 Å². The van der Waals surface area contributed by atoms with Crippen LogP contribution in [0.3, 0.4) is 0 Å². The number of hydrogen-bond acceptors (Lipinski definition) is 2. The molecule has 0 unspecified atom stereocenters.